The molecule has 2 rings (SSSR count). The molecule has 1 N–H and O–H groups in total. The number of nitrogens with zero attached hydrogens (tertiary/aromatic N) is 1. The minimum Gasteiger partial charge on any atom is -0.299 e. The van der Waals surface area contributed by atoms with Crippen LogP contribution in [0.25, 0.3) is 0 Å². The fourth-order valence-corrected chi connectivity index (χ4v) is 3.33. The number of hydrogen-bond acceptors (Lipinski definition) is 2. The summed E-state index contributed by atoms with van der Waals surface area (Å²) in [5.41, 5.74) is 0.639. The van der Waals surface area contributed by atoms with Gasteiger partial charge in [0.25, 0.3) is 0 Å². The van der Waals surface area contributed by atoms with E-state index in [0.717, 1.165) is 5.92 Å². The Hall–Kier alpha value is -0.0800. The van der Waals surface area contributed by atoms with E-state index in [4.69, 9.17) is 0 Å². The van der Waals surface area contributed by atoms with Gasteiger partial charge in [-0.05, 0) is 52.5 Å². The number of hydrogen-bond donors (Lipinski definition) is 1. The van der Waals surface area contributed by atoms with Gasteiger partial charge < -0.3 is 0 Å². The van der Waals surface area contributed by atoms with Crippen molar-refractivity contribution in [2.45, 2.75) is 58.2 Å². The van der Waals surface area contributed by atoms with Gasteiger partial charge in [0.1, 0.15) is 0 Å². The van der Waals surface area contributed by atoms with E-state index in [-0.39, 0.29) is 5.66 Å². The maximum absolute atomic E-state index is 3.71. The molecule has 0 radical (unpaired) electrons. The first-order chi connectivity index (χ1) is 6.47. The third-order valence-electron chi connectivity index (χ3n) is 4.48. The van der Waals surface area contributed by atoms with Crippen molar-refractivity contribution in [2.75, 3.05) is 13.1 Å². The van der Waals surface area contributed by atoms with Crippen LogP contribution in [0, 0.1) is 5.92 Å². The van der Waals surface area contributed by atoms with E-state index in [1.807, 2.05) is 0 Å². The van der Waals surface area contributed by atoms with Crippen molar-refractivity contribution < 1.29 is 0 Å². The molecule has 2 aliphatic heterocycles. The Bertz CT molecular complexity index is 224. The van der Waals surface area contributed by atoms with Crippen molar-refractivity contribution in [3.05, 3.63) is 0 Å². The summed E-state index contributed by atoms with van der Waals surface area (Å²) >= 11 is 0. The van der Waals surface area contributed by atoms with Crippen LogP contribution in [-0.2, 0) is 0 Å². The van der Waals surface area contributed by atoms with E-state index in [9.17, 15) is 0 Å². The SMILES string of the molecule is CC1CCNC1(C)N1CCCC1(C)C. The molecule has 0 aromatic rings. The van der Waals surface area contributed by atoms with E-state index in [1.54, 1.807) is 0 Å². The highest BCUT2D eigenvalue weighted by molar-refractivity contribution is 5.02. The van der Waals surface area contributed by atoms with Gasteiger partial charge in [-0.1, -0.05) is 6.92 Å². The molecule has 0 spiro atoms. The standard InChI is InChI=1S/C12H24N2/c1-10-6-8-13-12(10,4)14-9-5-7-11(14,2)3/h10,13H,5-9H2,1-4H3. The minimum absolute atomic E-state index is 0.250. The lowest BCUT2D eigenvalue weighted by Gasteiger charge is -2.47. The Morgan fingerprint density at radius 1 is 1.29 bits per heavy atom. The van der Waals surface area contributed by atoms with Gasteiger partial charge in [0.2, 0.25) is 0 Å². The van der Waals surface area contributed by atoms with Crippen molar-refractivity contribution >= 4 is 0 Å². The highest BCUT2D eigenvalue weighted by atomic mass is 15.4. The second-order valence-electron chi connectivity index (χ2n) is 5.83. The normalized spacial score (nSPS) is 43.3. The van der Waals surface area contributed by atoms with Crippen molar-refractivity contribution in [2.24, 2.45) is 5.92 Å². The summed E-state index contributed by atoms with van der Waals surface area (Å²) in [5, 5.41) is 3.71. The molecule has 0 amide bonds. The van der Waals surface area contributed by atoms with Gasteiger partial charge in [0, 0.05) is 12.1 Å². The van der Waals surface area contributed by atoms with E-state index in [0.29, 0.717) is 5.54 Å². The Morgan fingerprint density at radius 3 is 2.43 bits per heavy atom. The average molecular weight is 196 g/mol. The Kier molecular flexibility index (Phi) is 2.39. The predicted octanol–water partition coefficient (Wildman–Crippen LogP) is 2.21. The molecule has 0 aliphatic carbocycles. The van der Waals surface area contributed by atoms with Gasteiger partial charge in [-0.25, -0.2) is 0 Å². The maximum Gasteiger partial charge on any atom is 0.0714 e. The Balaban J connectivity index is 2.21. The van der Waals surface area contributed by atoms with Gasteiger partial charge >= 0.3 is 0 Å². The number of nitrogens with one attached hydrogen (secondary N) is 1. The molecule has 2 atom stereocenters. The highest BCUT2D eigenvalue weighted by Crippen LogP contribution is 2.40. The molecule has 0 bridgehead atoms. The summed E-state index contributed by atoms with van der Waals surface area (Å²) in [5.74, 6) is 0.778. The van der Waals surface area contributed by atoms with Crippen molar-refractivity contribution in [3.63, 3.8) is 0 Å². The monoisotopic (exact) mass is 196 g/mol. The summed E-state index contributed by atoms with van der Waals surface area (Å²) in [4.78, 5) is 2.69. The van der Waals surface area contributed by atoms with E-state index in [1.165, 1.54) is 32.4 Å². The molecule has 14 heavy (non-hydrogen) atoms. The lowest BCUT2D eigenvalue weighted by molar-refractivity contribution is 0.00355. The fourth-order valence-electron chi connectivity index (χ4n) is 3.33. The second kappa shape index (κ2) is 3.21. The highest BCUT2D eigenvalue weighted by Gasteiger charge is 2.48. The van der Waals surface area contributed by atoms with Gasteiger partial charge in [-0.2, -0.15) is 0 Å². The first-order valence-electron chi connectivity index (χ1n) is 5.99. The second-order valence-corrected chi connectivity index (χ2v) is 5.83. The van der Waals surface area contributed by atoms with Crippen molar-refractivity contribution in [1.29, 1.82) is 0 Å². The molecule has 0 aromatic carbocycles. The van der Waals surface area contributed by atoms with Crippen LogP contribution in [0.15, 0.2) is 0 Å². The fraction of sp³-hybridized carbons (Fsp3) is 1.00. The summed E-state index contributed by atoms with van der Waals surface area (Å²) in [6.45, 7) is 12.0. The van der Waals surface area contributed by atoms with E-state index in [2.05, 4.69) is 37.9 Å². The first kappa shape index (κ1) is 10.4. The topological polar surface area (TPSA) is 15.3 Å². The molecular weight excluding hydrogens is 172 g/mol. The van der Waals surface area contributed by atoms with Crippen LogP contribution >= 0.6 is 0 Å². The molecule has 2 heteroatoms. The zero-order chi connectivity index (χ0) is 10.4. The molecular formula is C12H24N2. The molecule has 82 valence electrons. The molecule has 2 nitrogen and oxygen atoms in total. The van der Waals surface area contributed by atoms with Gasteiger partial charge in [0.05, 0.1) is 5.66 Å². The third-order valence-corrected chi connectivity index (χ3v) is 4.48. The lowest BCUT2D eigenvalue weighted by atomic mass is 9.91. The van der Waals surface area contributed by atoms with Crippen molar-refractivity contribution in [3.8, 4) is 0 Å². The third kappa shape index (κ3) is 1.40. The average Bonchev–Trinajstić information content (AvgIpc) is 2.58. The minimum atomic E-state index is 0.250. The number of likely N-dealkylation sites (tertiary alicyclic amines) is 1. The number of rotatable bonds is 1. The van der Waals surface area contributed by atoms with Crippen LogP contribution in [0.2, 0.25) is 0 Å². The molecule has 0 saturated carbocycles. The summed E-state index contributed by atoms with van der Waals surface area (Å²) < 4.78 is 0. The van der Waals surface area contributed by atoms with Crippen LogP contribution in [0.1, 0.15) is 47.0 Å². The molecule has 2 saturated heterocycles. The zero-order valence-electron chi connectivity index (χ0n) is 10.1. The van der Waals surface area contributed by atoms with Crippen LogP contribution in [0.3, 0.4) is 0 Å². The van der Waals surface area contributed by atoms with E-state index >= 15 is 0 Å². The Morgan fingerprint density at radius 2 is 2.00 bits per heavy atom. The molecule has 2 fully saturated rings. The maximum atomic E-state index is 3.71. The predicted molar refractivity (Wildman–Crippen MR) is 60.2 cm³/mol. The summed E-state index contributed by atoms with van der Waals surface area (Å²) in [6, 6.07) is 0. The summed E-state index contributed by atoms with van der Waals surface area (Å²) in [6.07, 6.45) is 4.02. The zero-order valence-corrected chi connectivity index (χ0v) is 10.1. The largest absolute Gasteiger partial charge is 0.299 e. The molecule has 2 aliphatic rings. The quantitative estimate of drug-likeness (QED) is 0.691. The molecule has 2 unspecified atom stereocenters. The smallest absolute Gasteiger partial charge is 0.0714 e. The van der Waals surface area contributed by atoms with E-state index < -0.39 is 0 Å². The van der Waals surface area contributed by atoms with Gasteiger partial charge in [-0.3, -0.25) is 10.2 Å². The van der Waals surface area contributed by atoms with Crippen LogP contribution in [0.4, 0.5) is 0 Å². The van der Waals surface area contributed by atoms with Crippen LogP contribution < -0.4 is 5.32 Å². The van der Waals surface area contributed by atoms with Crippen molar-refractivity contribution in [1.82, 2.24) is 10.2 Å². The molecule has 2 heterocycles. The van der Waals surface area contributed by atoms with Gasteiger partial charge in [-0.15, -0.1) is 0 Å². The first-order valence-corrected chi connectivity index (χ1v) is 5.99. The molecule has 0 aromatic heterocycles. The van der Waals surface area contributed by atoms with Crippen LogP contribution in [-0.4, -0.2) is 29.2 Å². The van der Waals surface area contributed by atoms with Gasteiger partial charge in [0.15, 0.2) is 0 Å². The van der Waals surface area contributed by atoms with Crippen LogP contribution in [0.5, 0.6) is 0 Å². The Labute approximate surface area is 88.1 Å². The lowest BCUT2D eigenvalue weighted by Crippen LogP contribution is -2.61. The summed E-state index contributed by atoms with van der Waals surface area (Å²) in [7, 11) is 0.